The molecule has 3 aromatic rings. The van der Waals surface area contributed by atoms with Crippen molar-refractivity contribution in [3.05, 3.63) is 70.2 Å². The van der Waals surface area contributed by atoms with Crippen LogP contribution in [0.5, 0.6) is 0 Å². The fourth-order valence-corrected chi connectivity index (χ4v) is 3.35. The maximum absolute atomic E-state index is 12.6. The van der Waals surface area contributed by atoms with Crippen LogP contribution >= 0.6 is 11.5 Å². The third kappa shape index (κ3) is 3.98. The van der Waals surface area contributed by atoms with Crippen LogP contribution in [0.15, 0.2) is 48.5 Å². The van der Waals surface area contributed by atoms with Gasteiger partial charge in [0, 0.05) is 12.6 Å². The van der Waals surface area contributed by atoms with E-state index in [1.54, 1.807) is 18.9 Å². The summed E-state index contributed by atoms with van der Waals surface area (Å²) >= 11 is 1.32. The number of hydrogen-bond acceptors (Lipinski definition) is 5. The minimum absolute atomic E-state index is 0.0335. The number of aryl methyl sites for hydroxylation is 1. The fraction of sp³-hybridized carbons (Fsp3) is 0.250. The Morgan fingerprint density at radius 1 is 1.12 bits per heavy atom. The Bertz CT molecular complexity index is 886. The lowest BCUT2D eigenvalue weighted by molar-refractivity contribution is 0.0786. The first-order valence-electron chi connectivity index (χ1n) is 8.37. The largest absolute Gasteiger partial charge is 0.389 e. The molecule has 0 bridgehead atoms. The maximum Gasteiger partial charge on any atom is 0.253 e. The molecule has 1 amide bonds. The molecule has 1 heterocycles. The first-order chi connectivity index (χ1) is 12.5. The molecule has 0 spiro atoms. The van der Waals surface area contributed by atoms with Crippen LogP contribution in [-0.2, 0) is 6.54 Å². The van der Waals surface area contributed by atoms with Gasteiger partial charge in [0.15, 0.2) is 0 Å². The van der Waals surface area contributed by atoms with Crippen molar-refractivity contribution in [3.8, 4) is 11.1 Å². The lowest BCUT2D eigenvalue weighted by atomic mass is 10.0. The molecule has 0 saturated carbocycles. The molecule has 134 valence electrons. The standard InChI is InChI=1S/C20H21N3O2S/c1-13-19(26-22-21-13)12-23(3)20(25)18-10-8-17(9-11-18)16-6-4-15(5-7-16)14(2)24/h4-11,14,24H,12H2,1-3H3. The Hall–Kier alpha value is -2.57. The van der Waals surface area contributed by atoms with Crippen molar-refractivity contribution in [2.75, 3.05) is 7.05 Å². The molecule has 3 rings (SSSR count). The van der Waals surface area contributed by atoms with E-state index in [0.717, 1.165) is 27.3 Å². The summed E-state index contributed by atoms with van der Waals surface area (Å²) in [4.78, 5) is 15.3. The summed E-state index contributed by atoms with van der Waals surface area (Å²) in [5, 5.41) is 13.6. The number of aromatic nitrogens is 2. The van der Waals surface area contributed by atoms with Crippen LogP contribution in [-0.4, -0.2) is 32.5 Å². The number of aliphatic hydroxyl groups excluding tert-OH is 1. The molecule has 1 N–H and O–H groups in total. The molecule has 0 radical (unpaired) electrons. The number of aliphatic hydroxyl groups is 1. The summed E-state index contributed by atoms with van der Waals surface area (Å²) in [5.74, 6) is -0.0335. The smallest absolute Gasteiger partial charge is 0.253 e. The Kier molecular flexibility index (Phi) is 5.44. The van der Waals surface area contributed by atoms with Gasteiger partial charge in [-0.15, -0.1) is 5.10 Å². The van der Waals surface area contributed by atoms with Gasteiger partial charge in [-0.2, -0.15) is 0 Å². The molecule has 0 aliphatic carbocycles. The van der Waals surface area contributed by atoms with Crippen LogP contribution in [0.25, 0.3) is 11.1 Å². The Labute approximate surface area is 157 Å². The summed E-state index contributed by atoms with van der Waals surface area (Å²) in [7, 11) is 1.78. The third-order valence-corrected chi connectivity index (χ3v) is 5.14. The molecule has 0 fully saturated rings. The molecular formula is C20H21N3O2S. The molecular weight excluding hydrogens is 346 g/mol. The van der Waals surface area contributed by atoms with E-state index in [1.165, 1.54) is 11.5 Å². The molecule has 0 saturated heterocycles. The van der Waals surface area contributed by atoms with Gasteiger partial charge in [0.1, 0.15) is 0 Å². The predicted octanol–water partition coefficient (Wildman–Crippen LogP) is 3.84. The van der Waals surface area contributed by atoms with Gasteiger partial charge in [0.25, 0.3) is 5.91 Å². The summed E-state index contributed by atoms with van der Waals surface area (Å²) in [6.07, 6.45) is -0.475. The highest BCUT2D eigenvalue weighted by atomic mass is 32.1. The van der Waals surface area contributed by atoms with Gasteiger partial charge in [0.2, 0.25) is 0 Å². The monoisotopic (exact) mass is 367 g/mol. The Morgan fingerprint density at radius 3 is 2.19 bits per heavy atom. The van der Waals surface area contributed by atoms with Crippen LogP contribution in [0, 0.1) is 6.92 Å². The van der Waals surface area contributed by atoms with E-state index >= 15 is 0 Å². The van der Waals surface area contributed by atoms with Gasteiger partial charge < -0.3 is 10.0 Å². The van der Waals surface area contributed by atoms with Gasteiger partial charge >= 0.3 is 0 Å². The summed E-state index contributed by atoms with van der Waals surface area (Å²) in [6, 6.07) is 15.4. The topological polar surface area (TPSA) is 66.3 Å². The first-order valence-corrected chi connectivity index (χ1v) is 9.15. The highest BCUT2D eigenvalue weighted by molar-refractivity contribution is 7.05. The number of carbonyl (C=O) groups excluding carboxylic acids is 1. The third-order valence-electron chi connectivity index (χ3n) is 4.33. The van der Waals surface area contributed by atoms with E-state index in [1.807, 2.05) is 55.5 Å². The van der Waals surface area contributed by atoms with Gasteiger partial charge in [-0.05, 0) is 54.2 Å². The maximum atomic E-state index is 12.6. The van der Waals surface area contributed by atoms with E-state index in [2.05, 4.69) is 9.59 Å². The van der Waals surface area contributed by atoms with Gasteiger partial charge in [-0.1, -0.05) is 40.9 Å². The van der Waals surface area contributed by atoms with E-state index < -0.39 is 6.10 Å². The summed E-state index contributed by atoms with van der Waals surface area (Å²) in [5.41, 5.74) is 4.48. The first kappa shape index (κ1) is 18.2. The SMILES string of the molecule is Cc1nnsc1CN(C)C(=O)c1ccc(-c2ccc(C(C)O)cc2)cc1. The average Bonchev–Trinajstić information content (AvgIpc) is 3.06. The fourth-order valence-electron chi connectivity index (χ4n) is 2.66. The molecule has 26 heavy (non-hydrogen) atoms. The van der Waals surface area contributed by atoms with Crippen molar-refractivity contribution in [1.82, 2.24) is 14.5 Å². The molecule has 1 unspecified atom stereocenters. The predicted molar refractivity (Wildman–Crippen MR) is 103 cm³/mol. The van der Waals surface area contributed by atoms with Crippen molar-refractivity contribution in [2.24, 2.45) is 0 Å². The number of nitrogens with zero attached hydrogens (tertiary/aromatic N) is 3. The second-order valence-electron chi connectivity index (χ2n) is 6.32. The average molecular weight is 367 g/mol. The van der Waals surface area contributed by atoms with E-state index in [0.29, 0.717) is 12.1 Å². The van der Waals surface area contributed by atoms with Crippen molar-refractivity contribution in [1.29, 1.82) is 0 Å². The summed E-state index contributed by atoms with van der Waals surface area (Å²) in [6.45, 7) is 4.15. The van der Waals surface area contributed by atoms with Gasteiger partial charge in [0.05, 0.1) is 23.2 Å². The van der Waals surface area contributed by atoms with Crippen LogP contribution in [0.1, 0.15) is 39.5 Å². The lowest BCUT2D eigenvalue weighted by Gasteiger charge is -2.16. The normalized spacial score (nSPS) is 12.0. The molecule has 2 aromatic carbocycles. The number of amides is 1. The highest BCUT2D eigenvalue weighted by Gasteiger charge is 2.15. The van der Waals surface area contributed by atoms with E-state index in [9.17, 15) is 9.90 Å². The second kappa shape index (κ2) is 7.76. The second-order valence-corrected chi connectivity index (χ2v) is 7.16. The number of rotatable bonds is 5. The highest BCUT2D eigenvalue weighted by Crippen LogP contribution is 2.23. The Morgan fingerprint density at radius 2 is 1.69 bits per heavy atom. The zero-order valence-corrected chi connectivity index (χ0v) is 15.8. The number of hydrogen-bond donors (Lipinski definition) is 1. The van der Waals surface area contributed by atoms with Crippen molar-refractivity contribution in [2.45, 2.75) is 26.5 Å². The zero-order chi connectivity index (χ0) is 18.7. The lowest BCUT2D eigenvalue weighted by Crippen LogP contribution is -2.26. The minimum Gasteiger partial charge on any atom is -0.389 e. The van der Waals surface area contributed by atoms with Crippen molar-refractivity contribution < 1.29 is 9.90 Å². The Balaban J connectivity index is 1.72. The van der Waals surface area contributed by atoms with E-state index in [4.69, 9.17) is 0 Å². The van der Waals surface area contributed by atoms with Crippen molar-refractivity contribution in [3.63, 3.8) is 0 Å². The summed E-state index contributed by atoms with van der Waals surface area (Å²) < 4.78 is 3.91. The molecule has 1 atom stereocenters. The van der Waals surface area contributed by atoms with Crippen LogP contribution < -0.4 is 0 Å². The molecule has 0 aliphatic rings. The zero-order valence-electron chi connectivity index (χ0n) is 15.0. The molecule has 5 nitrogen and oxygen atoms in total. The van der Waals surface area contributed by atoms with E-state index in [-0.39, 0.29) is 5.91 Å². The quantitative estimate of drug-likeness (QED) is 0.744. The molecule has 1 aromatic heterocycles. The minimum atomic E-state index is -0.475. The molecule has 0 aliphatic heterocycles. The van der Waals surface area contributed by atoms with Crippen LogP contribution in [0.3, 0.4) is 0 Å². The van der Waals surface area contributed by atoms with Crippen molar-refractivity contribution >= 4 is 17.4 Å². The van der Waals surface area contributed by atoms with Crippen LogP contribution in [0.4, 0.5) is 0 Å². The molecule has 6 heteroatoms. The van der Waals surface area contributed by atoms with Crippen LogP contribution in [0.2, 0.25) is 0 Å². The number of carbonyl (C=O) groups is 1. The van der Waals surface area contributed by atoms with Gasteiger partial charge in [-0.3, -0.25) is 4.79 Å². The van der Waals surface area contributed by atoms with Gasteiger partial charge in [-0.25, -0.2) is 0 Å². The number of benzene rings is 2.